The van der Waals surface area contributed by atoms with Gasteiger partial charge in [0.25, 0.3) is 0 Å². The van der Waals surface area contributed by atoms with E-state index >= 15 is 0 Å². The van der Waals surface area contributed by atoms with Crippen molar-refractivity contribution in [1.29, 1.82) is 0 Å². The van der Waals surface area contributed by atoms with E-state index in [4.69, 9.17) is 33.2 Å². The molecular weight excluding hydrogens is 232 g/mol. The van der Waals surface area contributed by atoms with Gasteiger partial charge in [0.1, 0.15) is 13.2 Å². The van der Waals surface area contributed by atoms with Crippen LogP contribution < -0.4 is 0 Å². The molecule has 0 fully saturated rings. The zero-order valence-electron chi connectivity index (χ0n) is 11.3. The fourth-order valence-electron chi connectivity index (χ4n) is 1.22. The van der Waals surface area contributed by atoms with Crippen LogP contribution in [0.4, 0.5) is 0 Å². The molecule has 17 heavy (non-hydrogen) atoms. The predicted molar refractivity (Wildman–Crippen MR) is 58.3 cm³/mol. The molecule has 0 aliphatic carbocycles. The summed E-state index contributed by atoms with van der Waals surface area (Å²) in [6.45, 7) is 0.0797. The smallest absolute Gasteiger partial charge is 0.311 e. The Morgan fingerprint density at radius 1 is 0.588 bits per heavy atom. The first kappa shape index (κ1) is 16.7. The standard InChI is InChI=1S/C10H22O7/c1-11-7-9(13-3,14-4)17-10(15-5,16-6)8-12-2/h7-8H2,1-6H3. The van der Waals surface area contributed by atoms with Crippen molar-refractivity contribution >= 4 is 0 Å². The Morgan fingerprint density at radius 2 is 0.882 bits per heavy atom. The number of ether oxygens (including phenoxy) is 7. The minimum Gasteiger partial charge on any atom is -0.376 e. The summed E-state index contributed by atoms with van der Waals surface area (Å²) in [7, 11) is 8.68. The lowest BCUT2D eigenvalue weighted by atomic mass is 10.5. The maximum Gasteiger partial charge on any atom is 0.311 e. The van der Waals surface area contributed by atoms with Crippen molar-refractivity contribution < 1.29 is 33.2 Å². The van der Waals surface area contributed by atoms with Gasteiger partial charge in [-0.05, 0) is 0 Å². The zero-order chi connectivity index (χ0) is 13.4. The summed E-state index contributed by atoms with van der Waals surface area (Å²) in [4.78, 5) is 0. The molecule has 0 unspecified atom stereocenters. The average molecular weight is 254 g/mol. The Labute approximate surface area is 102 Å². The lowest BCUT2D eigenvalue weighted by Gasteiger charge is -2.38. The van der Waals surface area contributed by atoms with Crippen LogP contribution in [0.25, 0.3) is 0 Å². The molecule has 0 rings (SSSR count). The van der Waals surface area contributed by atoms with Crippen molar-refractivity contribution in [3.63, 3.8) is 0 Å². The van der Waals surface area contributed by atoms with E-state index in [0.717, 1.165) is 0 Å². The molecule has 104 valence electrons. The molecule has 0 atom stereocenters. The third-order valence-electron chi connectivity index (χ3n) is 2.20. The van der Waals surface area contributed by atoms with Gasteiger partial charge in [-0.2, -0.15) is 0 Å². The minimum atomic E-state index is -1.43. The Balaban J connectivity index is 4.89. The minimum absolute atomic E-state index is 0.0399. The number of rotatable bonds is 10. The summed E-state index contributed by atoms with van der Waals surface area (Å²) >= 11 is 0. The topological polar surface area (TPSA) is 64.6 Å². The molecule has 0 aliphatic heterocycles. The van der Waals surface area contributed by atoms with Crippen molar-refractivity contribution in [3.05, 3.63) is 0 Å². The van der Waals surface area contributed by atoms with E-state index in [0.29, 0.717) is 0 Å². The van der Waals surface area contributed by atoms with Crippen LogP contribution in [0.5, 0.6) is 0 Å². The Morgan fingerprint density at radius 3 is 1.06 bits per heavy atom. The van der Waals surface area contributed by atoms with Crippen LogP contribution in [0, 0.1) is 0 Å². The van der Waals surface area contributed by atoms with Crippen molar-refractivity contribution in [2.45, 2.75) is 11.9 Å². The van der Waals surface area contributed by atoms with E-state index < -0.39 is 11.9 Å². The highest BCUT2D eigenvalue weighted by Crippen LogP contribution is 2.25. The van der Waals surface area contributed by atoms with Gasteiger partial charge in [-0.1, -0.05) is 0 Å². The average Bonchev–Trinajstić information content (AvgIpc) is 2.37. The van der Waals surface area contributed by atoms with Crippen molar-refractivity contribution in [2.24, 2.45) is 0 Å². The van der Waals surface area contributed by atoms with E-state index in [1.54, 1.807) is 0 Å². The van der Waals surface area contributed by atoms with Gasteiger partial charge in [-0.25, -0.2) is 0 Å². The van der Waals surface area contributed by atoms with Gasteiger partial charge in [0.15, 0.2) is 0 Å². The fourth-order valence-corrected chi connectivity index (χ4v) is 1.22. The van der Waals surface area contributed by atoms with Gasteiger partial charge in [0, 0.05) is 42.7 Å². The van der Waals surface area contributed by atoms with Gasteiger partial charge >= 0.3 is 11.9 Å². The van der Waals surface area contributed by atoms with Crippen LogP contribution in [-0.4, -0.2) is 67.8 Å². The monoisotopic (exact) mass is 254 g/mol. The molecule has 0 heterocycles. The van der Waals surface area contributed by atoms with Crippen LogP contribution in [0.15, 0.2) is 0 Å². The largest absolute Gasteiger partial charge is 0.376 e. The highest BCUT2D eigenvalue weighted by molar-refractivity contribution is 4.63. The quantitative estimate of drug-likeness (QED) is 0.515. The van der Waals surface area contributed by atoms with Crippen LogP contribution in [-0.2, 0) is 33.2 Å². The highest BCUT2D eigenvalue weighted by atomic mass is 17.0. The summed E-state index contributed by atoms with van der Waals surface area (Å²) < 4.78 is 36.1. The number of methoxy groups -OCH3 is 6. The number of hydrogen-bond donors (Lipinski definition) is 0. The van der Waals surface area contributed by atoms with Gasteiger partial charge in [0.05, 0.1) is 0 Å². The fraction of sp³-hybridized carbons (Fsp3) is 1.00. The number of hydrogen-bond acceptors (Lipinski definition) is 7. The van der Waals surface area contributed by atoms with Gasteiger partial charge in [-0.15, -0.1) is 0 Å². The van der Waals surface area contributed by atoms with E-state index in [-0.39, 0.29) is 13.2 Å². The second kappa shape index (κ2) is 7.93. The SMILES string of the molecule is COCC(OC)(OC)OC(COC)(OC)OC. The van der Waals surface area contributed by atoms with E-state index in [1.165, 1.54) is 42.7 Å². The molecule has 0 aromatic carbocycles. The third-order valence-corrected chi connectivity index (χ3v) is 2.20. The molecule has 0 aromatic rings. The first-order valence-electron chi connectivity index (χ1n) is 4.96. The van der Waals surface area contributed by atoms with Crippen molar-refractivity contribution in [3.8, 4) is 0 Å². The highest BCUT2D eigenvalue weighted by Gasteiger charge is 2.44. The van der Waals surface area contributed by atoms with E-state index in [9.17, 15) is 0 Å². The molecule has 0 saturated carbocycles. The van der Waals surface area contributed by atoms with Crippen LogP contribution in [0.3, 0.4) is 0 Å². The van der Waals surface area contributed by atoms with Crippen LogP contribution in [0.1, 0.15) is 0 Å². The molecule has 0 radical (unpaired) electrons. The molecule has 0 N–H and O–H groups in total. The maximum absolute atomic E-state index is 5.56. The molecule has 0 aliphatic rings. The maximum atomic E-state index is 5.56. The summed E-state index contributed by atoms with van der Waals surface area (Å²) in [6, 6.07) is 0. The summed E-state index contributed by atoms with van der Waals surface area (Å²) in [6.07, 6.45) is 0. The summed E-state index contributed by atoms with van der Waals surface area (Å²) in [5.41, 5.74) is 0. The Bertz CT molecular complexity index is 169. The van der Waals surface area contributed by atoms with Crippen LogP contribution in [0.2, 0.25) is 0 Å². The van der Waals surface area contributed by atoms with Gasteiger partial charge in [0.2, 0.25) is 0 Å². The third kappa shape index (κ3) is 4.47. The van der Waals surface area contributed by atoms with Crippen LogP contribution >= 0.6 is 0 Å². The van der Waals surface area contributed by atoms with E-state index in [2.05, 4.69) is 0 Å². The second-order valence-corrected chi connectivity index (χ2v) is 3.15. The molecule has 0 amide bonds. The second-order valence-electron chi connectivity index (χ2n) is 3.15. The normalized spacial score (nSPS) is 13.1. The first-order chi connectivity index (χ1) is 8.07. The molecule has 0 bridgehead atoms. The molecule has 7 nitrogen and oxygen atoms in total. The summed E-state index contributed by atoms with van der Waals surface area (Å²) in [5, 5.41) is 0. The lowest BCUT2D eigenvalue weighted by Crippen LogP contribution is -2.54. The molecule has 0 spiro atoms. The first-order valence-corrected chi connectivity index (χ1v) is 4.96. The van der Waals surface area contributed by atoms with Gasteiger partial charge in [-0.3, -0.25) is 4.74 Å². The Hall–Kier alpha value is -0.280. The van der Waals surface area contributed by atoms with Crippen molar-refractivity contribution in [1.82, 2.24) is 0 Å². The predicted octanol–water partition coefficient (Wildman–Crippen LogP) is 0.189. The van der Waals surface area contributed by atoms with Crippen molar-refractivity contribution in [2.75, 3.05) is 55.9 Å². The lowest BCUT2D eigenvalue weighted by molar-refractivity contribution is -0.499. The zero-order valence-corrected chi connectivity index (χ0v) is 11.3. The summed E-state index contributed by atoms with van der Waals surface area (Å²) in [5.74, 6) is -2.86. The molecular formula is C10H22O7. The molecule has 7 heteroatoms. The Kier molecular flexibility index (Phi) is 7.80. The van der Waals surface area contributed by atoms with Gasteiger partial charge < -0.3 is 28.4 Å². The van der Waals surface area contributed by atoms with E-state index in [1.807, 2.05) is 0 Å². The molecule has 0 saturated heterocycles. The molecule has 0 aromatic heterocycles.